The summed E-state index contributed by atoms with van der Waals surface area (Å²) in [6.45, 7) is 1.87. The summed E-state index contributed by atoms with van der Waals surface area (Å²) < 4.78 is 0. The topological polar surface area (TPSA) is 38.0 Å². The molecule has 0 fully saturated rings. The van der Waals surface area contributed by atoms with Gasteiger partial charge in [0.1, 0.15) is 0 Å². The molecular weight excluding hydrogens is 208 g/mol. The lowest BCUT2D eigenvalue weighted by molar-refractivity contribution is 0.593. The first-order chi connectivity index (χ1) is 8.36. The zero-order valence-electron chi connectivity index (χ0n) is 9.69. The molecule has 0 saturated carbocycles. The van der Waals surface area contributed by atoms with Gasteiger partial charge in [-0.1, -0.05) is 42.5 Å². The number of anilines is 1. The highest BCUT2D eigenvalue weighted by Gasteiger charge is 2.22. The fourth-order valence-electron chi connectivity index (χ4n) is 2.59. The number of nitrogens with one attached hydrogen (secondary N) is 1. The highest BCUT2D eigenvalue weighted by Crippen LogP contribution is 2.32. The van der Waals surface area contributed by atoms with Crippen LogP contribution in [0.4, 0.5) is 5.69 Å². The molecule has 1 atom stereocenters. The smallest absolute Gasteiger partial charge is 0.0362 e. The maximum Gasteiger partial charge on any atom is 0.0362 e. The molecule has 0 spiro atoms. The third-order valence-electron chi connectivity index (χ3n) is 3.48. The Morgan fingerprint density at radius 3 is 2.65 bits per heavy atom. The van der Waals surface area contributed by atoms with Gasteiger partial charge < -0.3 is 11.1 Å². The zero-order chi connectivity index (χ0) is 11.7. The second-order valence-electron chi connectivity index (χ2n) is 4.51. The lowest BCUT2D eigenvalue weighted by atomic mass is 9.85. The molecule has 2 nitrogen and oxygen atoms in total. The number of rotatable bonds is 1. The van der Waals surface area contributed by atoms with Crippen molar-refractivity contribution < 1.29 is 0 Å². The van der Waals surface area contributed by atoms with Crippen molar-refractivity contribution in [2.75, 3.05) is 12.3 Å². The highest BCUT2D eigenvalue weighted by molar-refractivity contribution is 5.54. The Hall–Kier alpha value is -1.80. The summed E-state index contributed by atoms with van der Waals surface area (Å²) in [4.78, 5) is 0. The fourth-order valence-corrected chi connectivity index (χ4v) is 2.59. The molecule has 2 aromatic carbocycles. The summed E-state index contributed by atoms with van der Waals surface area (Å²) in [6.07, 6.45) is 0. The molecule has 0 radical (unpaired) electrons. The molecule has 0 saturated heterocycles. The largest absolute Gasteiger partial charge is 0.398 e. The average Bonchev–Trinajstić information content (AvgIpc) is 2.40. The zero-order valence-corrected chi connectivity index (χ0v) is 9.69. The lowest BCUT2D eigenvalue weighted by Gasteiger charge is -2.27. The van der Waals surface area contributed by atoms with E-state index in [0.29, 0.717) is 5.92 Å². The van der Waals surface area contributed by atoms with Crippen LogP contribution < -0.4 is 11.1 Å². The summed E-state index contributed by atoms with van der Waals surface area (Å²) in [5.41, 5.74) is 10.9. The van der Waals surface area contributed by atoms with E-state index in [0.717, 1.165) is 18.8 Å². The van der Waals surface area contributed by atoms with E-state index in [4.69, 9.17) is 5.73 Å². The Labute approximate surface area is 101 Å². The van der Waals surface area contributed by atoms with Crippen LogP contribution in [0.25, 0.3) is 0 Å². The SMILES string of the molecule is Nc1cccc2c1CNC[C@H]2c1ccccc1. The molecule has 0 aliphatic carbocycles. The standard InChI is InChI=1S/C15H16N2/c16-15-8-4-7-12-13(9-17-10-14(12)15)11-5-2-1-3-6-11/h1-8,13,17H,9-10,16H2/t13-/m0/s1. The van der Waals surface area contributed by atoms with E-state index >= 15 is 0 Å². The molecule has 2 aromatic rings. The first-order valence-corrected chi connectivity index (χ1v) is 5.99. The summed E-state index contributed by atoms with van der Waals surface area (Å²) in [5.74, 6) is 0.420. The second kappa shape index (κ2) is 4.22. The second-order valence-corrected chi connectivity index (χ2v) is 4.51. The van der Waals surface area contributed by atoms with E-state index in [1.165, 1.54) is 16.7 Å². The van der Waals surface area contributed by atoms with Crippen LogP contribution in [-0.2, 0) is 6.54 Å². The molecule has 1 heterocycles. The van der Waals surface area contributed by atoms with Gasteiger partial charge in [0.05, 0.1) is 0 Å². The van der Waals surface area contributed by atoms with Gasteiger partial charge in [-0.15, -0.1) is 0 Å². The molecule has 3 N–H and O–H groups in total. The van der Waals surface area contributed by atoms with Crippen molar-refractivity contribution in [3.63, 3.8) is 0 Å². The molecule has 86 valence electrons. The van der Waals surface area contributed by atoms with Gasteiger partial charge in [-0.05, 0) is 22.8 Å². The first kappa shape index (κ1) is 10.4. The van der Waals surface area contributed by atoms with Crippen LogP contribution in [0.5, 0.6) is 0 Å². The predicted octanol–water partition coefficient (Wildman–Crippen LogP) is 2.50. The molecule has 0 unspecified atom stereocenters. The van der Waals surface area contributed by atoms with E-state index < -0.39 is 0 Å². The number of nitrogen functional groups attached to an aromatic ring is 1. The quantitative estimate of drug-likeness (QED) is 0.730. The van der Waals surface area contributed by atoms with Gasteiger partial charge in [0, 0.05) is 24.7 Å². The molecule has 17 heavy (non-hydrogen) atoms. The van der Waals surface area contributed by atoms with Crippen molar-refractivity contribution in [1.29, 1.82) is 0 Å². The van der Waals surface area contributed by atoms with Gasteiger partial charge in [0.15, 0.2) is 0 Å². The minimum atomic E-state index is 0.420. The van der Waals surface area contributed by atoms with Gasteiger partial charge >= 0.3 is 0 Å². The van der Waals surface area contributed by atoms with E-state index in [-0.39, 0.29) is 0 Å². The molecule has 3 rings (SSSR count). The van der Waals surface area contributed by atoms with Gasteiger partial charge in [-0.25, -0.2) is 0 Å². The van der Waals surface area contributed by atoms with Gasteiger partial charge in [-0.3, -0.25) is 0 Å². The maximum absolute atomic E-state index is 6.04. The van der Waals surface area contributed by atoms with E-state index in [9.17, 15) is 0 Å². The fraction of sp³-hybridized carbons (Fsp3) is 0.200. The van der Waals surface area contributed by atoms with Crippen molar-refractivity contribution in [2.24, 2.45) is 0 Å². The average molecular weight is 224 g/mol. The van der Waals surface area contributed by atoms with Crippen LogP contribution in [0.2, 0.25) is 0 Å². The van der Waals surface area contributed by atoms with Crippen molar-refractivity contribution in [1.82, 2.24) is 5.32 Å². The number of benzene rings is 2. The first-order valence-electron chi connectivity index (χ1n) is 5.99. The molecule has 1 aliphatic heterocycles. The maximum atomic E-state index is 6.04. The monoisotopic (exact) mass is 224 g/mol. The Kier molecular flexibility index (Phi) is 2.57. The number of fused-ring (bicyclic) bond motifs is 1. The minimum Gasteiger partial charge on any atom is -0.398 e. The van der Waals surface area contributed by atoms with Crippen molar-refractivity contribution in [2.45, 2.75) is 12.5 Å². The van der Waals surface area contributed by atoms with Gasteiger partial charge in [0.2, 0.25) is 0 Å². The van der Waals surface area contributed by atoms with E-state index in [1.54, 1.807) is 0 Å². The summed E-state index contributed by atoms with van der Waals surface area (Å²) >= 11 is 0. The van der Waals surface area contributed by atoms with Gasteiger partial charge in [0.25, 0.3) is 0 Å². The van der Waals surface area contributed by atoms with Crippen LogP contribution in [0.1, 0.15) is 22.6 Å². The van der Waals surface area contributed by atoms with Crippen LogP contribution in [0, 0.1) is 0 Å². The minimum absolute atomic E-state index is 0.420. The Balaban J connectivity index is 2.09. The summed E-state index contributed by atoms with van der Waals surface area (Å²) in [5, 5.41) is 3.45. The molecule has 2 heteroatoms. The van der Waals surface area contributed by atoms with Crippen LogP contribution >= 0.6 is 0 Å². The number of nitrogens with two attached hydrogens (primary N) is 1. The molecule has 0 aromatic heterocycles. The number of hydrogen-bond acceptors (Lipinski definition) is 2. The third kappa shape index (κ3) is 1.81. The van der Waals surface area contributed by atoms with Crippen LogP contribution in [-0.4, -0.2) is 6.54 Å². The Morgan fingerprint density at radius 2 is 1.82 bits per heavy atom. The molecule has 0 amide bonds. The van der Waals surface area contributed by atoms with Crippen LogP contribution in [0.15, 0.2) is 48.5 Å². The van der Waals surface area contributed by atoms with Crippen molar-refractivity contribution in [3.05, 3.63) is 65.2 Å². The van der Waals surface area contributed by atoms with E-state index in [1.807, 2.05) is 6.07 Å². The molecule has 1 aliphatic rings. The number of hydrogen-bond donors (Lipinski definition) is 2. The highest BCUT2D eigenvalue weighted by atomic mass is 14.9. The molecular formula is C15H16N2. The van der Waals surface area contributed by atoms with Crippen LogP contribution in [0.3, 0.4) is 0 Å². The van der Waals surface area contributed by atoms with E-state index in [2.05, 4.69) is 47.8 Å². The Morgan fingerprint density at radius 1 is 1.00 bits per heavy atom. The summed E-state index contributed by atoms with van der Waals surface area (Å²) in [6, 6.07) is 16.8. The Bertz CT molecular complexity index is 520. The molecule has 0 bridgehead atoms. The normalized spacial score (nSPS) is 18.7. The van der Waals surface area contributed by atoms with Gasteiger partial charge in [-0.2, -0.15) is 0 Å². The lowest BCUT2D eigenvalue weighted by Crippen LogP contribution is -2.29. The third-order valence-corrected chi connectivity index (χ3v) is 3.48. The van der Waals surface area contributed by atoms with Crippen molar-refractivity contribution in [3.8, 4) is 0 Å². The predicted molar refractivity (Wildman–Crippen MR) is 70.8 cm³/mol. The van der Waals surface area contributed by atoms with Crippen molar-refractivity contribution >= 4 is 5.69 Å². The summed E-state index contributed by atoms with van der Waals surface area (Å²) in [7, 11) is 0.